The number of H-pyrrole nitrogens is 2. The van der Waals surface area contributed by atoms with Crippen molar-refractivity contribution < 1.29 is 9.53 Å². The lowest BCUT2D eigenvalue weighted by molar-refractivity contribution is -0.110. The van der Waals surface area contributed by atoms with Crippen molar-refractivity contribution in [3.63, 3.8) is 0 Å². The summed E-state index contributed by atoms with van der Waals surface area (Å²) in [6.07, 6.45) is 3.00. The number of hydrogen-bond donors (Lipinski definition) is 3. The summed E-state index contributed by atoms with van der Waals surface area (Å²) < 4.78 is 5.71. The van der Waals surface area contributed by atoms with Gasteiger partial charge in [-0.05, 0) is 29.8 Å². The van der Waals surface area contributed by atoms with Crippen LogP contribution in [0.25, 0.3) is 11.6 Å². The minimum atomic E-state index is -0.578. The maximum absolute atomic E-state index is 12.7. The van der Waals surface area contributed by atoms with E-state index in [1.807, 2.05) is 30.3 Å². The molecule has 33 heavy (non-hydrogen) atoms. The average Bonchev–Trinajstić information content (AvgIpc) is 3.17. The van der Waals surface area contributed by atoms with Crippen molar-refractivity contribution >= 4 is 23.2 Å². The predicted molar refractivity (Wildman–Crippen MR) is 123 cm³/mol. The molecule has 1 amide bonds. The van der Waals surface area contributed by atoms with Gasteiger partial charge in [-0.1, -0.05) is 48.5 Å². The smallest absolute Gasteiger partial charge is 0.273 e. The molecule has 4 aromatic rings. The van der Waals surface area contributed by atoms with Crippen molar-refractivity contribution in [2.75, 3.05) is 5.32 Å². The lowest BCUT2D eigenvalue weighted by Crippen LogP contribution is -2.48. The number of ether oxygens (including phenoxy) is 1. The van der Waals surface area contributed by atoms with Crippen LogP contribution in [0.15, 0.2) is 82.5 Å². The fourth-order valence-electron chi connectivity index (χ4n) is 3.57. The molecule has 3 N–H and O–H groups in total. The maximum atomic E-state index is 12.7. The van der Waals surface area contributed by atoms with E-state index in [0.717, 1.165) is 5.56 Å². The van der Waals surface area contributed by atoms with Crippen LogP contribution >= 0.6 is 0 Å². The van der Waals surface area contributed by atoms with Gasteiger partial charge in [-0.2, -0.15) is 0 Å². The second kappa shape index (κ2) is 8.43. The number of aromatic nitrogens is 3. The maximum Gasteiger partial charge on any atom is 0.273 e. The first kappa shape index (κ1) is 20.2. The zero-order chi connectivity index (χ0) is 22.8. The fourth-order valence-corrected chi connectivity index (χ4v) is 3.57. The summed E-state index contributed by atoms with van der Waals surface area (Å²) in [6.45, 7) is 0.412. The molecule has 0 saturated carbocycles. The molecule has 1 aliphatic heterocycles. The number of nitrogens with zero attached hydrogens (tertiary/aromatic N) is 1. The number of hydrogen-bond acceptors (Lipinski definition) is 5. The van der Waals surface area contributed by atoms with Crippen LogP contribution in [0.5, 0.6) is 5.75 Å². The molecular weight excluding hydrogens is 420 g/mol. The number of nitrogens with one attached hydrogen (secondary N) is 3. The number of aromatic amines is 2. The van der Waals surface area contributed by atoms with Gasteiger partial charge in [-0.25, -0.2) is 0 Å². The SMILES string of the molecule is O=C1Nc2ccccc2/C1=c1\[nH]c(=O)/c(=C\c2ccc(OCc3ccccc3)cn2)[nH]c1=O. The second-order valence-corrected chi connectivity index (χ2v) is 7.41. The van der Waals surface area contributed by atoms with Crippen molar-refractivity contribution in [3.05, 3.63) is 121 Å². The zero-order valence-electron chi connectivity index (χ0n) is 17.3. The van der Waals surface area contributed by atoms with E-state index in [2.05, 4.69) is 20.3 Å². The van der Waals surface area contributed by atoms with Gasteiger partial charge in [0.2, 0.25) is 0 Å². The first-order chi connectivity index (χ1) is 16.1. The molecule has 0 bridgehead atoms. The van der Waals surface area contributed by atoms with Gasteiger partial charge >= 0.3 is 0 Å². The molecule has 8 heteroatoms. The number of amides is 1. The topological polar surface area (TPSA) is 117 Å². The number of pyridine rings is 1. The Morgan fingerprint density at radius 3 is 2.42 bits per heavy atom. The van der Waals surface area contributed by atoms with E-state index in [-0.39, 0.29) is 16.3 Å². The second-order valence-electron chi connectivity index (χ2n) is 7.41. The summed E-state index contributed by atoms with van der Waals surface area (Å²) in [5.74, 6) is 0.137. The standard InChI is InChI=1S/C25H18N4O4/c30-23-20(12-16-10-11-17(13-26-16)33-14-15-6-2-1-3-7-15)28-25(32)22(29-23)21-18-8-4-5-9-19(18)27-24(21)31/h1-13H,14H2,(H,27,31)(H,28,32)(H,29,30)/b20-12+,22-21+. The van der Waals surface area contributed by atoms with Crippen LogP contribution in [-0.4, -0.2) is 20.9 Å². The molecular formula is C25H18N4O4. The Balaban J connectivity index is 1.46. The fraction of sp³-hybridized carbons (Fsp3) is 0.0400. The van der Waals surface area contributed by atoms with E-state index in [0.29, 0.717) is 29.3 Å². The number of anilines is 1. The summed E-state index contributed by atoms with van der Waals surface area (Å²) >= 11 is 0. The van der Waals surface area contributed by atoms with Gasteiger partial charge in [0, 0.05) is 11.3 Å². The molecule has 0 spiro atoms. The number of rotatable bonds is 4. The highest BCUT2D eigenvalue weighted by Crippen LogP contribution is 2.28. The highest BCUT2D eigenvalue weighted by atomic mass is 16.5. The summed E-state index contributed by atoms with van der Waals surface area (Å²) in [5.41, 5.74) is 1.67. The van der Waals surface area contributed by atoms with Crippen molar-refractivity contribution in [2.24, 2.45) is 0 Å². The third-order valence-corrected chi connectivity index (χ3v) is 5.18. The average molecular weight is 438 g/mol. The molecule has 0 aliphatic carbocycles. The minimum absolute atomic E-state index is 0.0292. The first-order valence-corrected chi connectivity index (χ1v) is 10.2. The highest BCUT2D eigenvalue weighted by Gasteiger charge is 2.25. The van der Waals surface area contributed by atoms with Gasteiger partial charge in [0.25, 0.3) is 17.0 Å². The largest absolute Gasteiger partial charge is 0.487 e. The Bertz CT molecular complexity index is 1590. The van der Waals surface area contributed by atoms with Crippen LogP contribution in [-0.2, 0) is 11.4 Å². The molecule has 0 saturated heterocycles. The normalized spacial score (nSPS) is 14.7. The number of carbonyl (C=O) groups is 1. The van der Waals surface area contributed by atoms with Crippen molar-refractivity contribution in [1.82, 2.24) is 15.0 Å². The van der Waals surface area contributed by atoms with Gasteiger partial charge in [0.1, 0.15) is 23.1 Å². The van der Waals surface area contributed by atoms with Crippen LogP contribution in [0.3, 0.4) is 0 Å². The van der Waals surface area contributed by atoms with E-state index in [4.69, 9.17) is 4.74 Å². The van der Waals surface area contributed by atoms with Crippen LogP contribution in [0.4, 0.5) is 5.69 Å². The van der Waals surface area contributed by atoms with Gasteiger partial charge in [0.05, 0.1) is 17.5 Å². The molecule has 8 nitrogen and oxygen atoms in total. The summed E-state index contributed by atoms with van der Waals surface area (Å²) in [4.78, 5) is 47.1. The third kappa shape index (κ3) is 4.09. The lowest BCUT2D eigenvalue weighted by atomic mass is 10.1. The van der Waals surface area contributed by atoms with Crippen molar-refractivity contribution in [3.8, 4) is 5.75 Å². The first-order valence-electron chi connectivity index (χ1n) is 10.2. The Morgan fingerprint density at radius 1 is 0.848 bits per heavy atom. The van der Waals surface area contributed by atoms with E-state index in [1.54, 1.807) is 42.6 Å². The van der Waals surface area contributed by atoms with Gasteiger partial charge in [0.15, 0.2) is 0 Å². The van der Waals surface area contributed by atoms with E-state index >= 15 is 0 Å². The summed E-state index contributed by atoms with van der Waals surface area (Å²) in [6, 6.07) is 20.1. The number of benzene rings is 2. The predicted octanol–water partition coefficient (Wildman–Crippen LogP) is 1.02. The molecule has 0 fully saturated rings. The molecule has 1 aliphatic rings. The van der Waals surface area contributed by atoms with Crippen molar-refractivity contribution in [1.29, 1.82) is 0 Å². The van der Waals surface area contributed by atoms with Gasteiger partial charge in [-0.3, -0.25) is 19.4 Å². The molecule has 5 rings (SSSR count). The summed E-state index contributed by atoms with van der Waals surface area (Å²) in [7, 11) is 0. The monoisotopic (exact) mass is 438 g/mol. The molecule has 3 heterocycles. The van der Waals surface area contributed by atoms with Crippen LogP contribution < -0.4 is 31.9 Å². The van der Waals surface area contributed by atoms with Crippen LogP contribution in [0, 0.1) is 0 Å². The van der Waals surface area contributed by atoms with Crippen LogP contribution in [0.1, 0.15) is 16.8 Å². The molecule has 0 unspecified atom stereocenters. The molecule has 0 atom stereocenters. The molecule has 2 aromatic heterocycles. The highest BCUT2D eigenvalue weighted by molar-refractivity contribution is 6.31. The Hall–Kier alpha value is -4.72. The number of carbonyl (C=O) groups excluding carboxylic acids is 1. The van der Waals surface area contributed by atoms with E-state index in [9.17, 15) is 14.4 Å². The summed E-state index contributed by atoms with van der Waals surface area (Å²) in [5, 5.41) is 2.64. The van der Waals surface area contributed by atoms with Gasteiger partial charge < -0.3 is 20.0 Å². The number of para-hydroxylation sites is 1. The molecule has 2 aromatic carbocycles. The Labute approximate surface area is 186 Å². The lowest BCUT2D eigenvalue weighted by Gasteiger charge is -2.05. The third-order valence-electron chi connectivity index (χ3n) is 5.18. The van der Waals surface area contributed by atoms with Gasteiger partial charge in [-0.15, -0.1) is 0 Å². The van der Waals surface area contributed by atoms with E-state index < -0.39 is 17.0 Å². The van der Waals surface area contributed by atoms with Crippen LogP contribution in [0.2, 0.25) is 0 Å². The van der Waals surface area contributed by atoms with Crippen molar-refractivity contribution in [2.45, 2.75) is 6.61 Å². The number of fused-ring (bicyclic) bond motifs is 1. The molecule has 0 radical (unpaired) electrons. The molecule has 162 valence electrons. The minimum Gasteiger partial charge on any atom is -0.487 e. The Kier molecular flexibility index (Phi) is 5.16. The zero-order valence-corrected chi connectivity index (χ0v) is 17.3. The Morgan fingerprint density at radius 2 is 1.64 bits per heavy atom. The quantitative estimate of drug-likeness (QED) is 0.440. The van der Waals surface area contributed by atoms with E-state index in [1.165, 1.54) is 6.08 Å².